The number of benzene rings is 1. The summed E-state index contributed by atoms with van der Waals surface area (Å²) in [6, 6.07) is 7.90. The molecule has 110 valence electrons. The molecule has 0 aliphatic carbocycles. The molecule has 0 spiro atoms. The first kappa shape index (κ1) is 13.6. The zero-order valence-electron chi connectivity index (χ0n) is 11.5. The summed E-state index contributed by atoms with van der Waals surface area (Å²) < 4.78 is 7.32. The van der Waals surface area contributed by atoms with Crippen molar-refractivity contribution in [1.29, 1.82) is 0 Å². The maximum Gasteiger partial charge on any atom is 0.273 e. The fourth-order valence-electron chi connectivity index (χ4n) is 2.31. The molecule has 0 saturated heterocycles. The third-order valence-electron chi connectivity index (χ3n) is 3.33. The lowest BCUT2D eigenvalue weighted by molar-refractivity contribution is 0.0928. The van der Waals surface area contributed by atoms with E-state index in [9.17, 15) is 4.79 Å². The molecule has 0 fully saturated rings. The van der Waals surface area contributed by atoms with Crippen LogP contribution in [-0.2, 0) is 13.0 Å². The molecule has 1 amide bonds. The summed E-state index contributed by atoms with van der Waals surface area (Å²) in [5.74, 6) is 0.642. The van der Waals surface area contributed by atoms with Crippen LogP contribution >= 0.6 is 0 Å². The van der Waals surface area contributed by atoms with Crippen LogP contribution in [-0.4, -0.2) is 40.1 Å². The highest BCUT2D eigenvalue weighted by Crippen LogP contribution is 2.27. The zero-order chi connectivity index (χ0) is 14.7. The Morgan fingerprint density at radius 1 is 1.48 bits per heavy atom. The molecule has 2 aromatic rings. The molecule has 1 aromatic carbocycles. The molecule has 1 atom stereocenters. The summed E-state index contributed by atoms with van der Waals surface area (Å²) in [6.07, 6.45) is 2.36. The monoisotopic (exact) mass is 287 g/mol. The number of nitrogens with one attached hydrogen (secondary N) is 1. The van der Waals surface area contributed by atoms with Gasteiger partial charge < -0.3 is 15.8 Å². The van der Waals surface area contributed by atoms with E-state index in [0.717, 1.165) is 12.2 Å². The summed E-state index contributed by atoms with van der Waals surface area (Å²) in [4.78, 5) is 12.0. The summed E-state index contributed by atoms with van der Waals surface area (Å²) >= 11 is 0. The van der Waals surface area contributed by atoms with E-state index in [4.69, 9.17) is 10.5 Å². The molecule has 0 bridgehead atoms. The van der Waals surface area contributed by atoms with Gasteiger partial charge >= 0.3 is 0 Å². The van der Waals surface area contributed by atoms with Crippen molar-refractivity contribution >= 4 is 5.91 Å². The van der Waals surface area contributed by atoms with Crippen LogP contribution in [0.5, 0.6) is 5.75 Å². The van der Waals surface area contributed by atoms with Crippen LogP contribution in [0.3, 0.4) is 0 Å². The zero-order valence-corrected chi connectivity index (χ0v) is 11.5. The lowest BCUT2D eigenvalue weighted by Crippen LogP contribution is -2.34. The minimum atomic E-state index is -0.252. The van der Waals surface area contributed by atoms with Crippen molar-refractivity contribution in [2.45, 2.75) is 19.1 Å². The maximum atomic E-state index is 12.0. The van der Waals surface area contributed by atoms with Crippen molar-refractivity contribution in [2.75, 3.05) is 13.1 Å². The maximum absolute atomic E-state index is 12.0. The predicted molar refractivity (Wildman–Crippen MR) is 76.0 cm³/mol. The van der Waals surface area contributed by atoms with E-state index in [1.54, 1.807) is 10.9 Å². The Hall–Kier alpha value is -2.41. The first-order valence-corrected chi connectivity index (χ1v) is 6.89. The van der Waals surface area contributed by atoms with Crippen molar-refractivity contribution in [3.63, 3.8) is 0 Å². The second-order valence-corrected chi connectivity index (χ2v) is 4.92. The quantitative estimate of drug-likeness (QED) is 0.805. The third-order valence-corrected chi connectivity index (χ3v) is 3.33. The SMILES string of the molecule is NCCn1cc(C(=O)NCC2Cc3ccccc3O2)nn1. The fourth-order valence-corrected chi connectivity index (χ4v) is 2.31. The Kier molecular flexibility index (Phi) is 3.83. The Labute approximate surface area is 122 Å². The van der Waals surface area contributed by atoms with Crippen molar-refractivity contribution in [2.24, 2.45) is 5.73 Å². The van der Waals surface area contributed by atoms with E-state index in [1.807, 2.05) is 24.3 Å². The number of carbonyl (C=O) groups excluding carboxylic acids is 1. The van der Waals surface area contributed by atoms with Crippen LogP contribution in [0.25, 0.3) is 0 Å². The fraction of sp³-hybridized carbons (Fsp3) is 0.357. The molecule has 1 unspecified atom stereocenters. The second kappa shape index (κ2) is 5.92. The minimum absolute atomic E-state index is 0.0366. The van der Waals surface area contributed by atoms with Crippen LogP contribution in [0.2, 0.25) is 0 Å². The highest BCUT2D eigenvalue weighted by molar-refractivity contribution is 5.91. The molecule has 1 aromatic heterocycles. The van der Waals surface area contributed by atoms with E-state index in [1.165, 1.54) is 5.56 Å². The average molecular weight is 287 g/mol. The number of para-hydroxylation sites is 1. The van der Waals surface area contributed by atoms with Gasteiger partial charge in [-0.15, -0.1) is 5.10 Å². The van der Waals surface area contributed by atoms with Gasteiger partial charge in [0.05, 0.1) is 19.3 Å². The first-order valence-electron chi connectivity index (χ1n) is 6.89. The normalized spacial score (nSPS) is 16.3. The van der Waals surface area contributed by atoms with Gasteiger partial charge in [0.2, 0.25) is 0 Å². The predicted octanol–water partition coefficient (Wildman–Crippen LogP) is -0.0297. The number of amides is 1. The molecule has 1 aliphatic rings. The van der Waals surface area contributed by atoms with Gasteiger partial charge in [-0.25, -0.2) is 0 Å². The van der Waals surface area contributed by atoms with Crippen molar-refractivity contribution in [1.82, 2.24) is 20.3 Å². The standard InChI is InChI=1S/C14H17N5O2/c15-5-6-19-9-12(17-18-19)14(20)16-8-11-7-10-3-1-2-4-13(10)21-11/h1-4,9,11H,5-8,15H2,(H,16,20). The number of aromatic nitrogens is 3. The van der Waals surface area contributed by atoms with Gasteiger partial charge in [0.1, 0.15) is 11.9 Å². The summed E-state index contributed by atoms with van der Waals surface area (Å²) in [5, 5.41) is 10.5. The van der Waals surface area contributed by atoms with Gasteiger partial charge in [-0.05, 0) is 11.6 Å². The van der Waals surface area contributed by atoms with Crippen LogP contribution < -0.4 is 15.8 Å². The molecule has 2 heterocycles. The van der Waals surface area contributed by atoms with Gasteiger partial charge in [-0.1, -0.05) is 23.4 Å². The average Bonchev–Trinajstić information content (AvgIpc) is 3.11. The molecular formula is C14H17N5O2. The highest BCUT2D eigenvalue weighted by Gasteiger charge is 2.23. The molecule has 3 rings (SSSR count). The van der Waals surface area contributed by atoms with E-state index < -0.39 is 0 Å². The Balaban J connectivity index is 1.52. The lowest BCUT2D eigenvalue weighted by Gasteiger charge is -2.10. The number of ether oxygens (including phenoxy) is 1. The summed E-state index contributed by atoms with van der Waals surface area (Å²) in [5.41, 5.74) is 6.89. The van der Waals surface area contributed by atoms with E-state index >= 15 is 0 Å². The number of carbonyl (C=O) groups is 1. The Bertz CT molecular complexity index is 615. The lowest BCUT2D eigenvalue weighted by atomic mass is 10.1. The number of nitrogens with zero attached hydrogens (tertiary/aromatic N) is 3. The van der Waals surface area contributed by atoms with Gasteiger partial charge in [-0.2, -0.15) is 0 Å². The van der Waals surface area contributed by atoms with E-state index in [-0.39, 0.29) is 12.0 Å². The first-order chi connectivity index (χ1) is 10.3. The van der Waals surface area contributed by atoms with Gasteiger partial charge in [0, 0.05) is 13.0 Å². The third kappa shape index (κ3) is 3.03. The molecule has 21 heavy (non-hydrogen) atoms. The van der Waals surface area contributed by atoms with Crippen LogP contribution in [0.15, 0.2) is 30.5 Å². The van der Waals surface area contributed by atoms with Crippen molar-refractivity contribution in [3.8, 4) is 5.75 Å². The van der Waals surface area contributed by atoms with Crippen LogP contribution in [0, 0.1) is 0 Å². The van der Waals surface area contributed by atoms with Gasteiger partial charge in [0.15, 0.2) is 5.69 Å². The summed E-state index contributed by atoms with van der Waals surface area (Å²) in [6.45, 7) is 1.44. The smallest absolute Gasteiger partial charge is 0.273 e. The number of hydrogen-bond donors (Lipinski definition) is 2. The van der Waals surface area contributed by atoms with Crippen LogP contribution in [0.4, 0.5) is 0 Å². The van der Waals surface area contributed by atoms with Crippen molar-refractivity contribution < 1.29 is 9.53 Å². The Morgan fingerprint density at radius 2 is 2.33 bits per heavy atom. The van der Waals surface area contributed by atoms with E-state index in [0.29, 0.717) is 25.3 Å². The Morgan fingerprint density at radius 3 is 3.14 bits per heavy atom. The molecule has 0 saturated carbocycles. The second-order valence-electron chi connectivity index (χ2n) is 4.92. The largest absolute Gasteiger partial charge is 0.488 e. The molecular weight excluding hydrogens is 270 g/mol. The molecule has 3 N–H and O–H groups in total. The number of nitrogens with two attached hydrogens (primary N) is 1. The minimum Gasteiger partial charge on any atom is -0.488 e. The van der Waals surface area contributed by atoms with Crippen LogP contribution in [0.1, 0.15) is 16.1 Å². The summed E-state index contributed by atoms with van der Waals surface area (Å²) in [7, 11) is 0. The molecule has 0 radical (unpaired) electrons. The highest BCUT2D eigenvalue weighted by atomic mass is 16.5. The number of rotatable bonds is 5. The molecule has 7 nitrogen and oxygen atoms in total. The molecule has 1 aliphatic heterocycles. The topological polar surface area (TPSA) is 95.1 Å². The molecule has 7 heteroatoms. The number of fused-ring (bicyclic) bond motifs is 1. The van der Waals surface area contributed by atoms with Gasteiger partial charge in [-0.3, -0.25) is 9.48 Å². The van der Waals surface area contributed by atoms with E-state index in [2.05, 4.69) is 15.6 Å². The number of hydrogen-bond acceptors (Lipinski definition) is 5. The van der Waals surface area contributed by atoms with Gasteiger partial charge in [0.25, 0.3) is 5.91 Å². The van der Waals surface area contributed by atoms with Crippen molar-refractivity contribution in [3.05, 3.63) is 41.7 Å².